The number of carbonyl (C=O) groups excluding carboxylic acids is 1. The lowest BCUT2D eigenvalue weighted by Crippen LogP contribution is -2.15. The van der Waals surface area contributed by atoms with E-state index in [1.165, 1.54) is 29.3 Å². The second-order valence-electron chi connectivity index (χ2n) is 6.62. The molecule has 6 nitrogen and oxygen atoms in total. The number of aryl methyl sites for hydroxylation is 2. The Hall–Kier alpha value is -2.93. The van der Waals surface area contributed by atoms with Gasteiger partial charge in [0.15, 0.2) is 11.0 Å². The van der Waals surface area contributed by atoms with Gasteiger partial charge in [-0.15, -0.1) is 16.8 Å². The molecule has 2 aromatic heterocycles. The van der Waals surface area contributed by atoms with Crippen LogP contribution < -0.4 is 5.32 Å². The number of thioether (sulfide) groups is 1. The number of anilines is 1. The van der Waals surface area contributed by atoms with Crippen molar-refractivity contribution in [2.24, 2.45) is 0 Å². The first kappa shape index (κ1) is 18.4. The maximum Gasteiger partial charge on any atom is 0.234 e. The van der Waals surface area contributed by atoms with E-state index in [2.05, 4.69) is 39.2 Å². The molecule has 142 valence electrons. The minimum Gasteiger partial charge on any atom is -0.325 e. The summed E-state index contributed by atoms with van der Waals surface area (Å²) in [6.45, 7) is 4.38. The minimum atomic E-state index is -0.0541. The zero-order valence-electron chi connectivity index (χ0n) is 15.5. The highest BCUT2D eigenvalue weighted by Crippen LogP contribution is 2.26. The number of hydrogen-bond acceptors (Lipinski definition) is 5. The van der Waals surface area contributed by atoms with Gasteiger partial charge in [0.05, 0.1) is 5.75 Å². The quantitative estimate of drug-likeness (QED) is 0.491. The molecule has 0 spiro atoms. The van der Waals surface area contributed by atoms with Gasteiger partial charge in [-0.3, -0.25) is 14.3 Å². The molecule has 1 aromatic carbocycles. The fourth-order valence-electron chi connectivity index (χ4n) is 3.38. The predicted molar refractivity (Wildman–Crippen MR) is 111 cm³/mol. The third-order valence-electron chi connectivity index (χ3n) is 4.68. The lowest BCUT2D eigenvalue weighted by molar-refractivity contribution is -0.113. The molecule has 1 N–H and O–H groups in total. The van der Waals surface area contributed by atoms with Gasteiger partial charge in [0, 0.05) is 30.2 Å². The Morgan fingerprint density at radius 1 is 1.18 bits per heavy atom. The number of pyridine rings is 1. The molecule has 28 heavy (non-hydrogen) atoms. The fraction of sp³-hybridized carbons (Fsp3) is 0.238. The number of hydrogen-bond donors (Lipinski definition) is 1. The molecule has 0 unspecified atom stereocenters. The summed E-state index contributed by atoms with van der Waals surface area (Å²) in [5.74, 6) is 0.952. The van der Waals surface area contributed by atoms with Gasteiger partial charge in [-0.2, -0.15) is 0 Å². The van der Waals surface area contributed by atoms with E-state index in [9.17, 15) is 4.79 Å². The van der Waals surface area contributed by atoms with Crippen LogP contribution in [0.4, 0.5) is 5.69 Å². The number of carbonyl (C=O) groups is 1. The highest BCUT2D eigenvalue weighted by molar-refractivity contribution is 7.99. The predicted octanol–water partition coefficient (Wildman–Crippen LogP) is 3.75. The number of rotatable bonds is 7. The van der Waals surface area contributed by atoms with Crippen LogP contribution >= 0.6 is 11.8 Å². The van der Waals surface area contributed by atoms with Crippen LogP contribution in [0.3, 0.4) is 0 Å². The van der Waals surface area contributed by atoms with Crippen molar-refractivity contribution >= 4 is 23.4 Å². The van der Waals surface area contributed by atoms with Crippen LogP contribution in [-0.2, 0) is 24.2 Å². The topological polar surface area (TPSA) is 72.7 Å². The molecule has 0 saturated heterocycles. The van der Waals surface area contributed by atoms with Crippen molar-refractivity contribution in [3.05, 3.63) is 66.5 Å². The van der Waals surface area contributed by atoms with Crippen molar-refractivity contribution in [2.45, 2.75) is 31.0 Å². The second kappa shape index (κ2) is 8.39. The number of amides is 1. The van der Waals surface area contributed by atoms with E-state index in [0.29, 0.717) is 11.7 Å². The van der Waals surface area contributed by atoms with Gasteiger partial charge >= 0.3 is 0 Å². The molecule has 0 fully saturated rings. The SMILES string of the molecule is C=CCn1c(SCC(=O)Nc2ccc3c(c2)CCC3)nnc1-c1ccncc1. The smallest absolute Gasteiger partial charge is 0.234 e. The summed E-state index contributed by atoms with van der Waals surface area (Å²) < 4.78 is 1.95. The standard InChI is InChI=1S/C21H21N5OS/c1-2-12-26-20(16-8-10-22-11-9-16)24-25-21(26)28-14-19(27)23-18-7-6-15-4-3-5-17(15)13-18/h2,6-11,13H,1,3-5,12,14H2,(H,23,27). The van der Waals surface area contributed by atoms with Crippen LogP contribution in [0.25, 0.3) is 11.4 Å². The zero-order valence-corrected chi connectivity index (χ0v) is 16.3. The Bertz CT molecular complexity index is 999. The summed E-state index contributed by atoms with van der Waals surface area (Å²) >= 11 is 1.37. The van der Waals surface area contributed by atoms with Gasteiger partial charge in [-0.1, -0.05) is 23.9 Å². The highest BCUT2D eigenvalue weighted by Gasteiger charge is 2.16. The number of benzene rings is 1. The maximum atomic E-state index is 12.4. The molecular formula is C21H21N5OS. The molecule has 7 heteroatoms. The van der Waals surface area contributed by atoms with Crippen molar-refractivity contribution in [1.82, 2.24) is 19.7 Å². The first-order chi connectivity index (χ1) is 13.7. The third-order valence-corrected chi connectivity index (χ3v) is 5.65. The lowest BCUT2D eigenvalue weighted by atomic mass is 10.1. The fourth-order valence-corrected chi connectivity index (χ4v) is 4.13. The Morgan fingerprint density at radius 2 is 2.00 bits per heavy atom. The second-order valence-corrected chi connectivity index (χ2v) is 7.56. The van der Waals surface area contributed by atoms with E-state index in [0.717, 1.165) is 29.9 Å². The number of aromatic nitrogens is 4. The molecule has 2 heterocycles. The number of allylic oxidation sites excluding steroid dienone is 1. The molecule has 0 radical (unpaired) electrons. The molecular weight excluding hydrogens is 370 g/mol. The average molecular weight is 392 g/mol. The molecule has 0 saturated carbocycles. The molecule has 1 aliphatic rings. The van der Waals surface area contributed by atoms with Crippen molar-refractivity contribution < 1.29 is 4.79 Å². The molecule has 0 atom stereocenters. The summed E-state index contributed by atoms with van der Waals surface area (Å²) in [6.07, 6.45) is 8.66. The average Bonchev–Trinajstić information content (AvgIpc) is 3.34. The molecule has 0 aliphatic heterocycles. The Labute approximate surface area is 168 Å². The van der Waals surface area contributed by atoms with E-state index in [4.69, 9.17) is 0 Å². The normalized spacial score (nSPS) is 12.6. The first-order valence-electron chi connectivity index (χ1n) is 9.23. The third kappa shape index (κ3) is 3.99. The van der Waals surface area contributed by atoms with Gasteiger partial charge in [0.25, 0.3) is 0 Å². The van der Waals surface area contributed by atoms with E-state index >= 15 is 0 Å². The number of nitrogens with zero attached hydrogens (tertiary/aromatic N) is 4. The lowest BCUT2D eigenvalue weighted by Gasteiger charge is -2.09. The van der Waals surface area contributed by atoms with Crippen molar-refractivity contribution in [3.8, 4) is 11.4 Å². The highest BCUT2D eigenvalue weighted by atomic mass is 32.2. The minimum absolute atomic E-state index is 0.0541. The summed E-state index contributed by atoms with van der Waals surface area (Å²) in [6, 6.07) is 9.96. The summed E-state index contributed by atoms with van der Waals surface area (Å²) in [7, 11) is 0. The molecule has 3 aromatic rings. The van der Waals surface area contributed by atoms with Gasteiger partial charge in [0.2, 0.25) is 5.91 Å². The molecule has 0 bridgehead atoms. The van der Waals surface area contributed by atoms with Crippen molar-refractivity contribution in [2.75, 3.05) is 11.1 Å². The largest absolute Gasteiger partial charge is 0.325 e. The Kier molecular flexibility index (Phi) is 5.53. The van der Waals surface area contributed by atoms with Gasteiger partial charge < -0.3 is 5.32 Å². The molecule has 1 aliphatic carbocycles. The van der Waals surface area contributed by atoms with Gasteiger partial charge in [-0.25, -0.2) is 0 Å². The van der Waals surface area contributed by atoms with Crippen molar-refractivity contribution in [1.29, 1.82) is 0 Å². The maximum absolute atomic E-state index is 12.4. The van der Waals surface area contributed by atoms with Crippen LogP contribution in [0.2, 0.25) is 0 Å². The summed E-state index contributed by atoms with van der Waals surface area (Å²) in [5, 5.41) is 12.2. The van der Waals surface area contributed by atoms with Gasteiger partial charge in [0.1, 0.15) is 0 Å². The van der Waals surface area contributed by atoms with E-state index in [1.54, 1.807) is 18.5 Å². The van der Waals surface area contributed by atoms with E-state index in [1.807, 2.05) is 22.8 Å². The zero-order chi connectivity index (χ0) is 19.3. The number of nitrogens with one attached hydrogen (secondary N) is 1. The van der Waals surface area contributed by atoms with Crippen molar-refractivity contribution in [3.63, 3.8) is 0 Å². The van der Waals surface area contributed by atoms with E-state index < -0.39 is 0 Å². The number of fused-ring (bicyclic) bond motifs is 1. The van der Waals surface area contributed by atoms with Crippen LogP contribution in [0, 0.1) is 0 Å². The monoisotopic (exact) mass is 391 g/mol. The summed E-state index contributed by atoms with van der Waals surface area (Å²) in [4.78, 5) is 16.5. The van der Waals surface area contributed by atoms with Crippen LogP contribution in [-0.4, -0.2) is 31.4 Å². The van der Waals surface area contributed by atoms with E-state index in [-0.39, 0.29) is 11.7 Å². The Balaban J connectivity index is 1.43. The van der Waals surface area contributed by atoms with Crippen LogP contribution in [0.1, 0.15) is 17.5 Å². The first-order valence-corrected chi connectivity index (χ1v) is 10.2. The molecule has 4 rings (SSSR count). The molecule has 1 amide bonds. The Morgan fingerprint density at radius 3 is 2.82 bits per heavy atom. The summed E-state index contributed by atoms with van der Waals surface area (Å²) in [5.41, 5.74) is 4.53. The van der Waals surface area contributed by atoms with Gasteiger partial charge in [-0.05, 0) is 54.7 Å². The van der Waals surface area contributed by atoms with Crippen LogP contribution in [0.15, 0.2) is 60.5 Å². The van der Waals surface area contributed by atoms with Crippen LogP contribution in [0.5, 0.6) is 0 Å².